The molecule has 1 heterocycles. The zero-order valence-corrected chi connectivity index (χ0v) is 11.0. The van der Waals surface area contributed by atoms with Crippen LogP contribution >= 0.6 is 11.3 Å². The van der Waals surface area contributed by atoms with Crippen LogP contribution in [0.25, 0.3) is 0 Å². The zero-order valence-electron chi connectivity index (χ0n) is 10.2. The first-order valence-electron chi connectivity index (χ1n) is 5.82. The van der Waals surface area contributed by atoms with Gasteiger partial charge in [-0.15, -0.1) is 11.3 Å². The van der Waals surface area contributed by atoms with Crippen molar-refractivity contribution in [3.8, 4) is 0 Å². The third-order valence-electron chi connectivity index (χ3n) is 3.02. The molecule has 1 N–H and O–H groups in total. The number of thiazole rings is 1. The van der Waals surface area contributed by atoms with Crippen LogP contribution in [0.4, 0.5) is 0 Å². The molecule has 0 saturated carbocycles. The molecule has 15 heavy (non-hydrogen) atoms. The third kappa shape index (κ3) is 3.92. The van der Waals surface area contributed by atoms with Crippen molar-refractivity contribution in [1.29, 1.82) is 0 Å². The van der Waals surface area contributed by atoms with Crippen molar-refractivity contribution in [2.75, 3.05) is 0 Å². The second-order valence-electron chi connectivity index (χ2n) is 4.09. The average Bonchev–Trinajstić information content (AvgIpc) is 2.63. The predicted molar refractivity (Wildman–Crippen MR) is 67.2 cm³/mol. The Balaban J connectivity index is 2.36. The summed E-state index contributed by atoms with van der Waals surface area (Å²) >= 11 is 1.78. The lowest BCUT2D eigenvalue weighted by molar-refractivity contribution is 0.354. The number of nitrogens with zero attached hydrogens (tertiary/aromatic N) is 1. The highest BCUT2D eigenvalue weighted by Crippen LogP contribution is 2.15. The molecule has 1 unspecified atom stereocenters. The molecule has 3 heteroatoms. The summed E-state index contributed by atoms with van der Waals surface area (Å²) in [5, 5.41) is 4.74. The fourth-order valence-corrected chi connectivity index (χ4v) is 2.66. The summed E-state index contributed by atoms with van der Waals surface area (Å²) in [5.41, 5.74) is 0. The topological polar surface area (TPSA) is 24.9 Å². The van der Waals surface area contributed by atoms with E-state index in [-0.39, 0.29) is 0 Å². The largest absolute Gasteiger partial charge is 0.309 e. The molecule has 0 aliphatic carbocycles. The molecule has 0 spiro atoms. The van der Waals surface area contributed by atoms with Gasteiger partial charge in [0.25, 0.3) is 0 Å². The van der Waals surface area contributed by atoms with E-state index in [1.807, 2.05) is 6.20 Å². The highest BCUT2D eigenvalue weighted by atomic mass is 32.1. The Bertz CT molecular complexity index is 279. The molecule has 0 fully saturated rings. The Hall–Kier alpha value is -0.410. The van der Waals surface area contributed by atoms with Crippen molar-refractivity contribution in [2.45, 2.75) is 53.1 Å². The minimum atomic E-state index is 0.599. The first kappa shape index (κ1) is 12.7. The van der Waals surface area contributed by atoms with E-state index >= 15 is 0 Å². The van der Waals surface area contributed by atoms with Crippen LogP contribution in [0.3, 0.4) is 0 Å². The van der Waals surface area contributed by atoms with Gasteiger partial charge in [0.05, 0.1) is 5.01 Å². The first-order chi connectivity index (χ1) is 7.17. The number of hydrogen-bond acceptors (Lipinski definition) is 3. The minimum Gasteiger partial charge on any atom is -0.309 e. The summed E-state index contributed by atoms with van der Waals surface area (Å²) in [7, 11) is 0. The van der Waals surface area contributed by atoms with Crippen LogP contribution in [0.2, 0.25) is 0 Å². The highest BCUT2D eigenvalue weighted by molar-refractivity contribution is 7.11. The van der Waals surface area contributed by atoms with Crippen molar-refractivity contribution in [1.82, 2.24) is 10.3 Å². The lowest BCUT2D eigenvalue weighted by atomic mass is 9.95. The van der Waals surface area contributed by atoms with Crippen LogP contribution in [0.1, 0.15) is 43.5 Å². The molecule has 0 aromatic carbocycles. The standard InChI is InChI=1S/C12H22N2S/c1-5-11(6-2)9(3)13-7-12-8-14-10(4)15-12/h8-9,11,13H,5-7H2,1-4H3. The third-order valence-corrected chi connectivity index (χ3v) is 3.94. The van der Waals surface area contributed by atoms with Gasteiger partial charge in [0, 0.05) is 23.7 Å². The van der Waals surface area contributed by atoms with Crippen molar-refractivity contribution >= 4 is 11.3 Å². The fourth-order valence-electron chi connectivity index (χ4n) is 1.91. The maximum atomic E-state index is 4.26. The molecule has 0 aliphatic heterocycles. The highest BCUT2D eigenvalue weighted by Gasteiger charge is 2.12. The summed E-state index contributed by atoms with van der Waals surface area (Å²) in [4.78, 5) is 5.60. The molecule has 0 radical (unpaired) electrons. The number of aryl methyl sites for hydroxylation is 1. The van der Waals surface area contributed by atoms with Gasteiger partial charge in [-0.2, -0.15) is 0 Å². The molecule has 0 aliphatic rings. The normalized spacial score (nSPS) is 13.4. The number of nitrogens with one attached hydrogen (secondary N) is 1. The van der Waals surface area contributed by atoms with Gasteiger partial charge in [-0.05, 0) is 19.8 Å². The van der Waals surface area contributed by atoms with Gasteiger partial charge in [-0.3, -0.25) is 0 Å². The second-order valence-corrected chi connectivity index (χ2v) is 5.41. The van der Waals surface area contributed by atoms with E-state index in [9.17, 15) is 0 Å². The first-order valence-corrected chi connectivity index (χ1v) is 6.63. The molecular weight excluding hydrogens is 204 g/mol. The summed E-state index contributed by atoms with van der Waals surface area (Å²) < 4.78 is 0. The van der Waals surface area contributed by atoms with Gasteiger partial charge < -0.3 is 5.32 Å². The van der Waals surface area contributed by atoms with Gasteiger partial charge in [0.2, 0.25) is 0 Å². The molecule has 0 amide bonds. The smallest absolute Gasteiger partial charge is 0.0897 e. The molecule has 0 bridgehead atoms. The molecule has 1 rings (SSSR count). The lowest BCUT2D eigenvalue weighted by Crippen LogP contribution is -2.32. The second kappa shape index (κ2) is 6.23. The van der Waals surface area contributed by atoms with Crippen molar-refractivity contribution in [3.63, 3.8) is 0 Å². The Kier molecular flexibility index (Phi) is 5.26. The number of rotatable bonds is 6. The van der Waals surface area contributed by atoms with E-state index < -0.39 is 0 Å². The van der Waals surface area contributed by atoms with E-state index in [0.29, 0.717) is 6.04 Å². The SMILES string of the molecule is CCC(CC)C(C)NCc1cnc(C)s1. The number of hydrogen-bond donors (Lipinski definition) is 1. The Labute approximate surface area is 97.1 Å². The monoisotopic (exact) mass is 226 g/mol. The van der Waals surface area contributed by atoms with Crippen LogP contribution in [-0.2, 0) is 6.54 Å². The van der Waals surface area contributed by atoms with E-state index in [2.05, 4.69) is 38.0 Å². The van der Waals surface area contributed by atoms with Gasteiger partial charge in [-0.1, -0.05) is 26.7 Å². The average molecular weight is 226 g/mol. The van der Waals surface area contributed by atoms with E-state index in [1.165, 1.54) is 17.7 Å². The van der Waals surface area contributed by atoms with E-state index in [4.69, 9.17) is 0 Å². The van der Waals surface area contributed by atoms with Crippen LogP contribution in [0.5, 0.6) is 0 Å². The van der Waals surface area contributed by atoms with Crippen LogP contribution in [-0.4, -0.2) is 11.0 Å². The maximum absolute atomic E-state index is 4.26. The summed E-state index contributed by atoms with van der Waals surface area (Å²) in [6.45, 7) is 9.83. The van der Waals surface area contributed by atoms with Gasteiger partial charge in [-0.25, -0.2) is 4.98 Å². The molecule has 1 aromatic heterocycles. The Morgan fingerprint density at radius 2 is 2.07 bits per heavy atom. The fraction of sp³-hybridized carbons (Fsp3) is 0.750. The summed E-state index contributed by atoms with van der Waals surface area (Å²) in [5.74, 6) is 0.791. The van der Waals surface area contributed by atoms with E-state index in [1.54, 1.807) is 11.3 Å². The zero-order chi connectivity index (χ0) is 11.3. The number of aromatic nitrogens is 1. The van der Waals surface area contributed by atoms with Gasteiger partial charge >= 0.3 is 0 Å². The Morgan fingerprint density at radius 3 is 2.53 bits per heavy atom. The van der Waals surface area contributed by atoms with Crippen molar-refractivity contribution < 1.29 is 0 Å². The van der Waals surface area contributed by atoms with Crippen LogP contribution in [0.15, 0.2) is 6.20 Å². The maximum Gasteiger partial charge on any atom is 0.0897 e. The molecule has 1 aromatic rings. The molecule has 0 saturated heterocycles. The lowest BCUT2D eigenvalue weighted by Gasteiger charge is -2.22. The minimum absolute atomic E-state index is 0.599. The summed E-state index contributed by atoms with van der Waals surface area (Å²) in [6.07, 6.45) is 4.49. The van der Waals surface area contributed by atoms with Crippen molar-refractivity contribution in [3.05, 3.63) is 16.1 Å². The molecular formula is C12H22N2S. The van der Waals surface area contributed by atoms with Crippen molar-refractivity contribution in [2.24, 2.45) is 5.92 Å². The van der Waals surface area contributed by atoms with Crippen LogP contribution < -0.4 is 5.32 Å². The van der Waals surface area contributed by atoms with E-state index in [0.717, 1.165) is 17.5 Å². The molecule has 86 valence electrons. The van der Waals surface area contributed by atoms with Crippen LogP contribution in [0, 0.1) is 12.8 Å². The quantitative estimate of drug-likeness (QED) is 0.804. The molecule has 1 atom stereocenters. The molecule has 2 nitrogen and oxygen atoms in total. The predicted octanol–water partition coefficient (Wildman–Crippen LogP) is 3.37. The summed E-state index contributed by atoms with van der Waals surface area (Å²) in [6, 6.07) is 0.599. The van der Waals surface area contributed by atoms with Gasteiger partial charge in [0.1, 0.15) is 0 Å². The Morgan fingerprint density at radius 1 is 1.40 bits per heavy atom. The van der Waals surface area contributed by atoms with Gasteiger partial charge in [0.15, 0.2) is 0 Å².